The number of ether oxygens (including phenoxy) is 2. The molecule has 0 radical (unpaired) electrons. The lowest BCUT2D eigenvalue weighted by molar-refractivity contribution is -0.152. The molecule has 1 amide bonds. The largest absolute Gasteiger partial charge is 0.496 e. The number of aromatic nitrogens is 2. The molecule has 0 N–H and O–H groups in total. The molecule has 9 heteroatoms. The van der Waals surface area contributed by atoms with Crippen molar-refractivity contribution in [2.75, 3.05) is 20.8 Å². The third kappa shape index (κ3) is 5.13. The van der Waals surface area contributed by atoms with Gasteiger partial charge in [0.1, 0.15) is 12.3 Å². The lowest BCUT2D eigenvalue weighted by Crippen LogP contribution is -2.32. The molecule has 2 aromatic carbocycles. The number of nitrogens with zero attached hydrogens (tertiary/aromatic N) is 3. The number of benzene rings is 2. The van der Waals surface area contributed by atoms with Crippen molar-refractivity contribution in [2.24, 2.45) is 0 Å². The molecule has 0 aliphatic rings. The van der Waals surface area contributed by atoms with Gasteiger partial charge in [0.15, 0.2) is 6.61 Å². The molecule has 0 saturated heterocycles. The lowest BCUT2D eigenvalue weighted by atomic mass is 10.2. The summed E-state index contributed by atoms with van der Waals surface area (Å²) in [4.78, 5) is 37.6. The number of para-hydroxylation sites is 1. The SMILES string of the molecule is COc1ccccc1CN(C)C(=O)COC(=O)Cn1nc(-c2ccccc2)oc1=O. The first-order chi connectivity index (χ1) is 14.5. The summed E-state index contributed by atoms with van der Waals surface area (Å²) in [6.07, 6.45) is 0. The van der Waals surface area contributed by atoms with Crippen LogP contribution in [0.25, 0.3) is 11.5 Å². The quantitative estimate of drug-likeness (QED) is 0.520. The molecule has 9 nitrogen and oxygen atoms in total. The standard InChI is InChI=1S/C21H21N3O6/c1-23(12-16-10-6-7-11-17(16)28-2)18(25)14-29-19(26)13-24-21(27)30-20(22-24)15-8-4-3-5-9-15/h3-11H,12-14H2,1-2H3. The Kier molecular flexibility index (Phi) is 6.63. The van der Waals surface area contributed by atoms with Gasteiger partial charge in [-0.15, -0.1) is 5.10 Å². The number of hydrogen-bond acceptors (Lipinski definition) is 7. The van der Waals surface area contributed by atoms with Crippen molar-refractivity contribution in [1.82, 2.24) is 14.7 Å². The van der Waals surface area contributed by atoms with Gasteiger partial charge in [-0.2, -0.15) is 4.68 Å². The first-order valence-electron chi connectivity index (χ1n) is 9.12. The van der Waals surface area contributed by atoms with Gasteiger partial charge in [-0.3, -0.25) is 9.59 Å². The van der Waals surface area contributed by atoms with Gasteiger partial charge < -0.3 is 18.8 Å². The Labute approximate surface area is 172 Å². The van der Waals surface area contributed by atoms with Gasteiger partial charge in [-0.05, 0) is 18.2 Å². The van der Waals surface area contributed by atoms with Crippen LogP contribution in [0.5, 0.6) is 5.75 Å². The molecule has 30 heavy (non-hydrogen) atoms. The molecule has 3 aromatic rings. The van der Waals surface area contributed by atoms with E-state index >= 15 is 0 Å². The maximum atomic E-state index is 12.3. The van der Waals surface area contributed by atoms with E-state index in [9.17, 15) is 14.4 Å². The zero-order chi connectivity index (χ0) is 21.5. The summed E-state index contributed by atoms with van der Waals surface area (Å²) in [7, 11) is 3.15. The number of hydrogen-bond donors (Lipinski definition) is 0. The van der Waals surface area contributed by atoms with Crippen molar-refractivity contribution in [3.05, 3.63) is 70.7 Å². The molecule has 0 atom stereocenters. The zero-order valence-corrected chi connectivity index (χ0v) is 16.6. The molecule has 3 rings (SSSR count). The fraction of sp³-hybridized carbons (Fsp3) is 0.238. The average molecular weight is 411 g/mol. The first kappa shape index (κ1) is 20.8. The van der Waals surface area contributed by atoms with E-state index in [2.05, 4.69) is 5.10 Å². The van der Waals surface area contributed by atoms with Crippen molar-refractivity contribution in [1.29, 1.82) is 0 Å². The number of likely N-dealkylation sites (N-methyl/N-ethyl adjacent to an activating group) is 1. The number of amides is 1. The fourth-order valence-corrected chi connectivity index (χ4v) is 2.70. The molecule has 1 aromatic heterocycles. The van der Waals surface area contributed by atoms with Crippen LogP contribution in [0.1, 0.15) is 5.56 Å². The van der Waals surface area contributed by atoms with Gasteiger partial charge in [-0.1, -0.05) is 36.4 Å². The summed E-state index contributed by atoms with van der Waals surface area (Å²) in [6, 6.07) is 16.1. The van der Waals surface area contributed by atoms with Crippen LogP contribution >= 0.6 is 0 Å². The van der Waals surface area contributed by atoms with E-state index in [1.165, 1.54) is 4.90 Å². The fourth-order valence-electron chi connectivity index (χ4n) is 2.70. The van der Waals surface area contributed by atoms with Crippen LogP contribution < -0.4 is 10.5 Å². The van der Waals surface area contributed by atoms with E-state index in [1.54, 1.807) is 44.5 Å². The molecule has 0 fully saturated rings. The van der Waals surface area contributed by atoms with Crippen molar-refractivity contribution in [2.45, 2.75) is 13.1 Å². The summed E-state index contributed by atoms with van der Waals surface area (Å²) < 4.78 is 16.2. The summed E-state index contributed by atoms with van der Waals surface area (Å²) in [6.45, 7) is -0.620. The Morgan fingerprint density at radius 1 is 1.10 bits per heavy atom. The number of esters is 1. The Hall–Kier alpha value is -3.88. The Morgan fingerprint density at radius 3 is 2.53 bits per heavy atom. The smallest absolute Gasteiger partial charge is 0.437 e. The van der Waals surface area contributed by atoms with Gasteiger partial charge in [0.05, 0.1) is 7.11 Å². The van der Waals surface area contributed by atoms with Crippen molar-refractivity contribution in [3.8, 4) is 17.2 Å². The minimum Gasteiger partial charge on any atom is -0.496 e. The third-order valence-electron chi connectivity index (χ3n) is 4.29. The van der Waals surface area contributed by atoms with Gasteiger partial charge in [-0.25, -0.2) is 4.79 Å². The van der Waals surface area contributed by atoms with Crippen LogP contribution in [0, 0.1) is 0 Å². The number of rotatable bonds is 8. The number of methoxy groups -OCH3 is 1. The van der Waals surface area contributed by atoms with E-state index in [1.807, 2.05) is 24.3 Å². The molecular formula is C21H21N3O6. The summed E-state index contributed by atoms with van der Waals surface area (Å²) in [5.41, 5.74) is 1.43. The molecule has 156 valence electrons. The molecule has 0 spiro atoms. The van der Waals surface area contributed by atoms with Crippen molar-refractivity contribution in [3.63, 3.8) is 0 Å². The van der Waals surface area contributed by atoms with E-state index in [0.29, 0.717) is 17.9 Å². The highest BCUT2D eigenvalue weighted by Gasteiger charge is 2.17. The van der Waals surface area contributed by atoms with Crippen LogP contribution in [0.2, 0.25) is 0 Å². The molecule has 0 unspecified atom stereocenters. The van der Waals surface area contributed by atoms with E-state index in [0.717, 1.165) is 10.2 Å². The average Bonchev–Trinajstić information content (AvgIpc) is 3.13. The number of carbonyl (C=O) groups excluding carboxylic acids is 2. The second-order valence-electron chi connectivity index (χ2n) is 6.42. The zero-order valence-electron chi connectivity index (χ0n) is 16.6. The summed E-state index contributed by atoms with van der Waals surface area (Å²) in [5.74, 6) is -1.20. The maximum absolute atomic E-state index is 12.3. The van der Waals surface area contributed by atoms with Crippen LogP contribution in [0.15, 0.2) is 63.8 Å². The minimum absolute atomic E-state index is 0.0982. The predicted octanol–water partition coefficient (Wildman–Crippen LogP) is 1.71. The minimum atomic E-state index is -0.787. The van der Waals surface area contributed by atoms with Crippen molar-refractivity contribution >= 4 is 11.9 Å². The van der Waals surface area contributed by atoms with Gasteiger partial charge in [0.2, 0.25) is 5.89 Å². The van der Waals surface area contributed by atoms with Crippen LogP contribution in [0.4, 0.5) is 0 Å². The molecule has 0 aliphatic heterocycles. The second-order valence-corrected chi connectivity index (χ2v) is 6.42. The number of carbonyl (C=O) groups is 2. The molecule has 0 bridgehead atoms. The van der Waals surface area contributed by atoms with E-state index in [4.69, 9.17) is 13.9 Å². The lowest BCUT2D eigenvalue weighted by Gasteiger charge is -2.18. The van der Waals surface area contributed by atoms with Gasteiger partial charge in [0.25, 0.3) is 5.91 Å². The van der Waals surface area contributed by atoms with Crippen LogP contribution in [-0.4, -0.2) is 47.3 Å². The maximum Gasteiger partial charge on any atom is 0.437 e. The predicted molar refractivity (Wildman–Crippen MR) is 107 cm³/mol. The Morgan fingerprint density at radius 2 is 1.80 bits per heavy atom. The second kappa shape index (κ2) is 9.55. The van der Waals surface area contributed by atoms with Gasteiger partial charge >= 0.3 is 11.7 Å². The van der Waals surface area contributed by atoms with Crippen LogP contribution in [0.3, 0.4) is 0 Å². The highest BCUT2D eigenvalue weighted by molar-refractivity contribution is 5.80. The highest BCUT2D eigenvalue weighted by atomic mass is 16.5. The Bertz CT molecular complexity index is 1070. The molecule has 0 saturated carbocycles. The molecular weight excluding hydrogens is 390 g/mol. The van der Waals surface area contributed by atoms with Crippen molar-refractivity contribution < 1.29 is 23.5 Å². The normalized spacial score (nSPS) is 10.5. The summed E-state index contributed by atoms with van der Waals surface area (Å²) in [5, 5.41) is 3.98. The van der Waals surface area contributed by atoms with Gasteiger partial charge in [0, 0.05) is 24.7 Å². The Balaban J connectivity index is 1.54. The van der Waals surface area contributed by atoms with E-state index in [-0.39, 0.29) is 5.89 Å². The summed E-state index contributed by atoms with van der Waals surface area (Å²) >= 11 is 0. The van der Waals surface area contributed by atoms with Crippen LogP contribution in [-0.2, 0) is 27.4 Å². The van der Waals surface area contributed by atoms with E-state index < -0.39 is 30.8 Å². The topological polar surface area (TPSA) is 104 Å². The highest BCUT2D eigenvalue weighted by Crippen LogP contribution is 2.18. The first-order valence-corrected chi connectivity index (χ1v) is 9.12. The molecule has 1 heterocycles. The third-order valence-corrected chi connectivity index (χ3v) is 4.29. The monoisotopic (exact) mass is 411 g/mol. The molecule has 0 aliphatic carbocycles.